The molecule has 0 spiro atoms. The van der Waals surface area contributed by atoms with Crippen LogP contribution in [-0.4, -0.2) is 25.3 Å². The van der Waals surface area contributed by atoms with Crippen LogP contribution in [0.25, 0.3) is 0 Å². The minimum absolute atomic E-state index is 0.142. The second-order valence-electron chi connectivity index (χ2n) is 4.79. The number of hydrogen-bond donors (Lipinski definition) is 1. The average Bonchev–Trinajstić information content (AvgIpc) is 2.22. The summed E-state index contributed by atoms with van der Waals surface area (Å²) in [6.45, 7) is 5.95. The number of halogens is 2. The lowest BCUT2D eigenvalue weighted by atomic mass is 10.1. The molecule has 0 bridgehead atoms. The Morgan fingerprint density at radius 1 is 1.18 bits per heavy atom. The molecule has 0 aromatic heterocycles. The van der Waals surface area contributed by atoms with Crippen molar-refractivity contribution in [2.75, 3.05) is 13.1 Å². The highest BCUT2D eigenvalue weighted by atomic mass is 19.1. The molecular formula is C13H18F2NO+. The molecule has 1 aromatic carbocycles. The summed E-state index contributed by atoms with van der Waals surface area (Å²) in [5.74, 6) is -0.909. The second-order valence-corrected chi connectivity index (χ2v) is 4.79. The van der Waals surface area contributed by atoms with Crippen molar-refractivity contribution in [2.24, 2.45) is 0 Å². The Morgan fingerprint density at radius 3 is 2.24 bits per heavy atom. The molecule has 1 fully saturated rings. The fourth-order valence-corrected chi connectivity index (χ4v) is 2.48. The Morgan fingerprint density at radius 2 is 1.71 bits per heavy atom. The Kier molecular flexibility index (Phi) is 3.74. The predicted octanol–water partition coefficient (Wildman–Crippen LogP) is 1.16. The Bertz CT molecular complexity index is 367. The number of rotatable bonds is 2. The molecule has 0 radical (unpaired) electrons. The van der Waals surface area contributed by atoms with Crippen molar-refractivity contribution in [1.29, 1.82) is 0 Å². The number of benzene rings is 1. The standard InChI is InChI=1S/C13H17F2NO/c1-9-6-16(7-10(2)17-9)8-11-12(14)4-3-5-13(11)15/h3-5,9-10H,6-8H2,1-2H3/p+1/t9-,10-/m1/s1. The molecule has 0 saturated carbocycles. The van der Waals surface area contributed by atoms with Crippen LogP contribution in [0.2, 0.25) is 0 Å². The first-order valence-corrected chi connectivity index (χ1v) is 5.98. The van der Waals surface area contributed by atoms with Crippen molar-refractivity contribution < 1.29 is 18.4 Å². The highest BCUT2D eigenvalue weighted by molar-refractivity contribution is 5.18. The van der Waals surface area contributed by atoms with Crippen LogP contribution < -0.4 is 4.90 Å². The van der Waals surface area contributed by atoms with Gasteiger partial charge in [-0.15, -0.1) is 0 Å². The zero-order valence-corrected chi connectivity index (χ0v) is 10.2. The average molecular weight is 242 g/mol. The van der Waals surface area contributed by atoms with Crippen molar-refractivity contribution >= 4 is 0 Å². The molecule has 2 atom stereocenters. The van der Waals surface area contributed by atoms with Crippen LogP contribution in [0.4, 0.5) is 8.78 Å². The molecule has 1 heterocycles. The van der Waals surface area contributed by atoms with Crippen molar-refractivity contribution in [1.82, 2.24) is 0 Å². The van der Waals surface area contributed by atoms with Crippen LogP contribution in [0.1, 0.15) is 19.4 Å². The van der Waals surface area contributed by atoms with Crippen LogP contribution in [0.5, 0.6) is 0 Å². The van der Waals surface area contributed by atoms with Crippen molar-refractivity contribution in [2.45, 2.75) is 32.6 Å². The zero-order valence-electron chi connectivity index (χ0n) is 10.2. The summed E-state index contributed by atoms with van der Waals surface area (Å²) in [7, 11) is 0. The minimum atomic E-state index is -0.454. The molecule has 0 aliphatic carbocycles. The molecule has 17 heavy (non-hydrogen) atoms. The van der Waals surface area contributed by atoms with Gasteiger partial charge in [0.25, 0.3) is 0 Å². The second kappa shape index (κ2) is 5.10. The van der Waals surface area contributed by atoms with Gasteiger partial charge in [0.1, 0.15) is 43.5 Å². The smallest absolute Gasteiger partial charge is 0.135 e. The molecular weight excluding hydrogens is 224 g/mol. The van der Waals surface area contributed by atoms with Gasteiger partial charge in [0, 0.05) is 0 Å². The third kappa shape index (κ3) is 3.01. The summed E-state index contributed by atoms with van der Waals surface area (Å²) in [5.41, 5.74) is 0.184. The van der Waals surface area contributed by atoms with Gasteiger partial charge in [0.2, 0.25) is 0 Å². The monoisotopic (exact) mass is 242 g/mol. The third-order valence-corrected chi connectivity index (χ3v) is 3.11. The molecule has 1 N–H and O–H groups in total. The number of nitrogens with one attached hydrogen (secondary N) is 1. The molecule has 0 unspecified atom stereocenters. The lowest BCUT2D eigenvalue weighted by Gasteiger charge is -2.32. The first kappa shape index (κ1) is 12.5. The van der Waals surface area contributed by atoms with Crippen molar-refractivity contribution in [3.8, 4) is 0 Å². The van der Waals surface area contributed by atoms with Gasteiger partial charge < -0.3 is 9.64 Å². The van der Waals surface area contributed by atoms with E-state index in [-0.39, 0.29) is 17.8 Å². The highest BCUT2D eigenvalue weighted by Crippen LogP contribution is 2.11. The van der Waals surface area contributed by atoms with E-state index in [0.717, 1.165) is 13.1 Å². The first-order valence-electron chi connectivity index (χ1n) is 5.98. The first-order chi connectivity index (χ1) is 8.06. The maximum atomic E-state index is 13.5. The quantitative estimate of drug-likeness (QED) is 0.821. The molecule has 0 amide bonds. The molecule has 1 aromatic rings. The van der Waals surface area contributed by atoms with Crippen molar-refractivity contribution in [3.63, 3.8) is 0 Å². The van der Waals surface area contributed by atoms with E-state index in [4.69, 9.17) is 4.74 Å². The molecule has 4 heteroatoms. The lowest BCUT2D eigenvalue weighted by Crippen LogP contribution is -3.14. The van der Waals surface area contributed by atoms with E-state index in [0.29, 0.717) is 6.54 Å². The molecule has 1 aliphatic heterocycles. The van der Waals surface area contributed by atoms with Gasteiger partial charge >= 0.3 is 0 Å². The SMILES string of the molecule is C[C@@H]1C[NH+](Cc2c(F)cccc2F)C[C@@H](C)O1. The summed E-state index contributed by atoms with van der Waals surface area (Å²) in [4.78, 5) is 1.17. The van der Waals surface area contributed by atoms with Crippen LogP contribution in [0, 0.1) is 11.6 Å². The van der Waals surface area contributed by atoms with E-state index in [1.807, 2.05) is 13.8 Å². The normalized spacial score (nSPS) is 29.3. The maximum Gasteiger partial charge on any atom is 0.135 e. The van der Waals surface area contributed by atoms with Crippen molar-refractivity contribution in [3.05, 3.63) is 35.4 Å². The van der Waals surface area contributed by atoms with E-state index in [1.54, 1.807) is 0 Å². The number of ether oxygens (including phenoxy) is 1. The zero-order chi connectivity index (χ0) is 12.4. The van der Waals surface area contributed by atoms with Gasteiger partial charge in [-0.1, -0.05) is 6.07 Å². The fourth-order valence-electron chi connectivity index (χ4n) is 2.48. The summed E-state index contributed by atoms with van der Waals surface area (Å²) in [6, 6.07) is 4.02. The van der Waals surface area contributed by atoms with Crippen LogP contribution >= 0.6 is 0 Å². The Labute approximate surface area is 100 Å². The molecule has 2 nitrogen and oxygen atoms in total. The molecule has 2 rings (SSSR count). The molecule has 94 valence electrons. The fraction of sp³-hybridized carbons (Fsp3) is 0.538. The van der Waals surface area contributed by atoms with Crippen LogP contribution in [0.15, 0.2) is 18.2 Å². The van der Waals surface area contributed by atoms with E-state index in [2.05, 4.69) is 0 Å². The van der Waals surface area contributed by atoms with E-state index in [1.165, 1.54) is 23.1 Å². The number of morpholine rings is 1. The van der Waals surface area contributed by atoms with Gasteiger partial charge in [-0.2, -0.15) is 0 Å². The summed E-state index contributed by atoms with van der Waals surface area (Å²) >= 11 is 0. The third-order valence-electron chi connectivity index (χ3n) is 3.11. The summed E-state index contributed by atoms with van der Waals surface area (Å²) < 4.78 is 32.6. The summed E-state index contributed by atoms with van der Waals surface area (Å²) in [5, 5.41) is 0. The number of hydrogen-bond acceptors (Lipinski definition) is 1. The number of quaternary nitrogens is 1. The van der Waals surface area contributed by atoms with E-state index < -0.39 is 11.6 Å². The minimum Gasteiger partial charge on any atom is -0.364 e. The highest BCUT2D eigenvalue weighted by Gasteiger charge is 2.27. The Hall–Kier alpha value is -1.00. The Balaban J connectivity index is 2.10. The summed E-state index contributed by atoms with van der Waals surface area (Å²) in [6.07, 6.45) is 0.284. The van der Waals surface area contributed by atoms with Crippen LogP contribution in [-0.2, 0) is 11.3 Å². The van der Waals surface area contributed by atoms with Gasteiger partial charge in [0.05, 0.1) is 5.56 Å². The van der Waals surface area contributed by atoms with Gasteiger partial charge in [-0.3, -0.25) is 0 Å². The largest absolute Gasteiger partial charge is 0.364 e. The van der Waals surface area contributed by atoms with E-state index >= 15 is 0 Å². The topological polar surface area (TPSA) is 13.7 Å². The molecule has 1 saturated heterocycles. The van der Waals surface area contributed by atoms with Gasteiger partial charge in [-0.05, 0) is 26.0 Å². The van der Waals surface area contributed by atoms with Gasteiger partial charge in [0.15, 0.2) is 0 Å². The lowest BCUT2D eigenvalue weighted by molar-refractivity contribution is -0.928. The predicted molar refractivity (Wildman–Crippen MR) is 60.8 cm³/mol. The van der Waals surface area contributed by atoms with E-state index in [9.17, 15) is 8.78 Å². The van der Waals surface area contributed by atoms with Crippen LogP contribution in [0.3, 0.4) is 0 Å². The maximum absolute atomic E-state index is 13.5. The van der Waals surface area contributed by atoms with Gasteiger partial charge in [-0.25, -0.2) is 8.78 Å². The molecule has 1 aliphatic rings.